The quantitative estimate of drug-likeness (QED) is 0.790. The van der Waals surface area contributed by atoms with Gasteiger partial charge in [0.25, 0.3) is 0 Å². The Morgan fingerprint density at radius 3 is 3.06 bits per heavy atom. The maximum Gasteiger partial charge on any atom is 0.122 e. The van der Waals surface area contributed by atoms with Gasteiger partial charge in [0.15, 0.2) is 0 Å². The first-order chi connectivity index (χ1) is 8.42. The minimum atomic E-state index is 0.760. The summed E-state index contributed by atoms with van der Waals surface area (Å²) in [5.74, 6) is 1.13. The highest BCUT2D eigenvalue weighted by molar-refractivity contribution is 5.17. The molecule has 0 atom stereocenters. The first kappa shape index (κ1) is 11.1. The molecule has 1 aromatic heterocycles. The summed E-state index contributed by atoms with van der Waals surface area (Å²) in [4.78, 5) is 2.43. The number of nitrogens with zero attached hydrogens (tertiary/aromatic N) is 1. The van der Waals surface area contributed by atoms with Crippen molar-refractivity contribution in [3.05, 3.63) is 35.8 Å². The van der Waals surface area contributed by atoms with Gasteiger partial charge in [0, 0.05) is 31.2 Å². The highest BCUT2D eigenvalue weighted by atomic mass is 16.3. The average molecular weight is 232 g/mol. The standard InChI is InChI=1S/C14H20N2O/c1-2-7-16(8-3-1)11-14-12(6-9-17-14)10-15-13-4-5-13/h1-2,6,9,13,15H,3-5,7-8,10-11H2. The van der Waals surface area contributed by atoms with Crippen molar-refractivity contribution in [3.8, 4) is 0 Å². The second kappa shape index (κ2) is 5.07. The number of rotatable bonds is 5. The predicted octanol–water partition coefficient (Wildman–Crippen LogP) is 2.29. The van der Waals surface area contributed by atoms with E-state index in [-0.39, 0.29) is 0 Å². The zero-order chi connectivity index (χ0) is 11.5. The van der Waals surface area contributed by atoms with E-state index in [2.05, 4.69) is 28.4 Å². The van der Waals surface area contributed by atoms with E-state index in [1.807, 2.05) is 6.26 Å². The van der Waals surface area contributed by atoms with Crippen molar-refractivity contribution < 1.29 is 4.42 Å². The van der Waals surface area contributed by atoms with Gasteiger partial charge in [-0.15, -0.1) is 0 Å². The molecule has 1 aliphatic carbocycles. The SMILES string of the molecule is C1=CCN(Cc2occc2CNC2CC2)CC1. The Balaban J connectivity index is 1.57. The molecule has 0 radical (unpaired) electrons. The van der Waals surface area contributed by atoms with Crippen LogP contribution in [0.25, 0.3) is 0 Å². The van der Waals surface area contributed by atoms with Crippen LogP contribution in [0.4, 0.5) is 0 Å². The van der Waals surface area contributed by atoms with Crippen LogP contribution in [-0.2, 0) is 13.1 Å². The molecular formula is C14H20N2O. The molecule has 0 aromatic carbocycles. The molecule has 0 bridgehead atoms. The van der Waals surface area contributed by atoms with Gasteiger partial charge >= 0.3 is 0 Å². The first-order valence-electron chi connectivity index (χ1n) is 6.58. The number of hydrogen-bond acceptors (Lipinski definition) is 3. The lowest BCUT2D eigenvalue weighted by Gasteiger charge is -2.22. The van der Waals surface area contributed by atoms with Gasteiger partial charge in [0.1, 0.15) is 5.76 Å². The van der Waals surface area contributed by atoms with E-state index in [1.165, 1.54) is 18.4 Å². The molecule has 3 heteroatoms. The third-order valence-corrected chi connectivity index (χ3v) is 3.51. The normalized spacial score (nSPS) is 20.9. The predicted molar refractivity (Wildman–Crippen MR) is 67.6 cm³/mol. The zero-order valence-electron chi connectivity index (χ0n) is 10.2. The Morgan fingerprint density at radius 1 is 1.35 bits per heavy atom. The summed E-state index contributed by atoms with van der Waals surface area (Å²) >= 11 is 0. The highest BCUT2D eigenvalue weighted by Crippen LogP contribution is 2.21. The van der Waals surface area contributed by atoms with Crippen molar-refractivity contribution in [2.24, 2.45) is 0 Å². The molecular weight excluding hydrogens is 212 g/mol. The molecule has 3 nitrogen and oxygen atoms in total. The second-order valence-electron chi connectivity index (χ2n) is 5.02. The van der Waals surface area contributed by atoms with Crippen molar-refractivity contribution in [3.63, 3.8) is 0 Å². The Bertz CT molecular complexity index is 393. The summed E-state index contributed by atoms with van der Waals surface area (Å²) in [6.07, 6.45) is 10.2. The Kier molecular flexibility index (Phi) is 3.29. The van der Waals surface area contributed by atoms with Crippen LogP contribution in [0.1, 0.15) is 30.6 Å². The molecule has 0 saturated heterocycles. The first-order valence-corrected chi connectivity index (χ1v) is 6.58. The van der Waals surface area contributed by atoms with Crippen LogP contribution >= 0.6 is 0 Å². The van der Waals surface area contributed by atoms with Gasteiger partial charge in [-0.1, -0.05) is 12.2 Å². The molecule has 92 valence electrons. The van der Waals surface area contributed by atoms with E-state index >= 15 is 0 Å². The summed E-state index contributed by atoms with van der Waals surface area (Å²) in [7, 11) is 0. The minimum absolute atomic E-state index is 0.760. The van der Waals surface area contributed by atoms with Crippen LogP contribution in [0.15, 0.2) is 28.9 Å². The lowest BCUT2D eigenvalue weighted by atomic mass is 10.2. The lowest BCUT2D eigenvalue weighted by Crippen LogP contribution is -2.27. The van der Waals surface area contributed by atoms with E-state index < -0.39 is 0 Å². The van der Waals surface area contributed by atoms with Crippen LogP contribution in [0.5, 0.6) is 0 Å². The molecule has 1 aliphatic heterocycles. The summed E-state index contributed by atoms with van der Waals surface area (Å²) in [5, 5.41) is 3.54. The molecule has 2 aliphatic rings. The van der Waals surface area contributed by atoms with E-state index in [0.29, 0.717) is 0 Å². The fourth-order valence-electron chi connectivity index (χ4n) is 2.24. The van der Waals surface area contributed by atoms with E-state index in [1.54, 1.807) is 0 Å². The van der Waals surface area contributed by atoms with Gasteiger partial charge in [-0.3, -0.25) is 4.90 Å². The fraction of sp³-hybridized carbons (Fsp3) is 0.571. The number of furan rings is 1. The zero-order valence-corrected chi connectivity index (χ0v) is 10.2. The van der Waals surface area contributed by atoms with Crippen molar-refractivity contribution >= 4 is 0 Å². The largest absolute Gasteiger partial charge is 0.468 e. The Hall–Kier alpha value is -1.06. The van der Waals surface area contributed by atoms with Gasteiger partial charge in [-0.05, 0) is 25.3 Å². The number of nitrogens with one attached hydrogen (secondary N) is 1. The van der Waals surface area contributed by atoms with Crippen LogP contribution < -0.4 is 5.32 Å². The molecule has 1 N–H and O–H groups in total. The maximum atomic E-state index is 5.61. The van der Waals surface area contributed by atoms with Crippen molar-refractivity contribution in [2.45, 2.75) is 38.4 Å². The van der Waals surface area contributed by atoms with Gasteiger partial charge < -0.3 is 9.73 Å². The van der Waals surface area contributed by atoms with Crippen LogP contribution in [0, 0.1) is 0 Å². The Morgan fingerprint density at radius 2 is 2.29 bits per heavy atom. The van der Waals surface area contributed by atoms with Gasteiger partial charge in [-0.25, -0.2) is 0 Å². The maximum absolute atomic E-state index is 5.61. The summed E-state index contributed by atoms with van der Waals surface area (Å²) in [6, 6.07) is 2.86. The molecule has 1 aromatic rings. The summed E-state index contributed by atoms with van der Waals surface area (Å²) < 4.78 is 5.61. The third-order valence-electron chi connectivity index (χ3n) is 3.51. The van der Waals surface area contributed by atoms with Gasteiger partial charge in [-0.2, -0.15) is 0 Å². The number of hydrogen-bond donors (Lipinski definition) is 1. The fourth-order valence-corrected chi connectivity index (χ4v) is 2.24. The highest BCUT2D eigenvalue weighted by Gasteiger charge is 2.21. The van der Waals surface area contributed by atoms with E-state index in [9.17, 15) is 0 Å². The van der Waals surface area contributed by atoms with Gasteiger partial charge in [0.05, 0.1) is 12.8 Å². The second-order valence-corrected chi connectivity index (χ2v) is 5.02. The molecule has 0 amide bonds. The molecule has 17 heavy (non-hydrogen) atoms. The lowest BCUT2D eigenvalue weighted by molar-refractivity contribution is 0.263. The molecule has 2 heterocycles. The molecule has 1 fully saturated rings. The molecule has 1 saturated carbocycles. The summed E-state index contributed by atoms with van der Waals surface area (Å²) in [6.45, 7) is 4.10. The minimum Gasteiger partial charge on any atom is -0.468 e. The van der Waals surface area contributed by atoms with Crippen LogP contribution in [-0.4, -0.2) is 24.0 Å². The average Bonchev–Trinajstić information content (AvgIpc) is 3.09. The van der Waals surface area contributed by atoms with E-state index in [0.717, 1.165) is 44.4 Å². The van der Waals surface area contributed by atoms with E-state index in [4.69, 9.17) is 4.42 Å². The molecule has 0 spiro atoms. The monoisotopic (exact) mass is 232 g/mol. The van der Waals surface area contributed by atoms with Crippen LogP contribution in [0.3, 0.4) is 0 Å². The summed E-state index contributed by atoms with van der Waals surface area (Å²) in [5.41, 5.74) is 1.33. The van der Waals surface area contributed by atoms with Crippen molar-refractivity contribution in [1.82, 2.24) is 10.2 Å². The van der Waals surface area contributed by atoms with Crippen molar-refractivity contribution in [2.75, 3.05) is 13.1 Å². The molecule has 0 unspecified atom stereocenters. The van der Waals surface area contributed by atoms with Gasteiger partial charge in [0.2, 0.25) is 0 Å². The topological polar surface area (TPSA) is 28.4 Å². The molecule has 3 rings (SSSR count). The smallest absolute Gasteiger partial charge is 0.122 e. The third kappa shape index (κ3) is 2.99. The van der Waals surface area contributed by atoms with Crippen LogP contribution in [0.2, 0.25) is 0 Å². The Labute approximate surface area is 102 Å². The van der Waals surface area contributed by atoms with Crippen molar-refractivity contribution in [1.29, 1.82) is 0 Å².